The average molecular weight is 328 g/mol. The molecule has 0 aliphatic heterocycles. The molecule has 1 N–H and O–H groups in total. The second-order valence-electron chi connectivity index (χ2n) is 6.09. The topological polar surface area (TPSA) is 37.9 Å². The molecule has 1 unspecified atom stereocenters. The molecule has 0 spiro atoms. The summed E-state index contributed by atoms with van der Waals surface area (Å²) >= 11 is 0. The number of H-pyrrole nitrogens is 1. The van der Waals surface area contributed by atoms with Crippen LogP contribution in [0.15, 0.2) is 85.2 Å². The van der Waals surface area contributed by atoms with Gasteiger partial charge in [0.2, 0.25) is 0 Å². The van der Waals surface area contributed by atoms with Crippen LogP contribution in [0.25, 0.3) is 10.8 Å². The normalized spacial score (nSPS) is 12.3. The molecule has 3 heteroatoms. The average Bonchev–Trinajstić information content (AvgIpc) is 3.19. The second-order valence-corrected chi connectivity index (χ2v) is 6.09. The molecule has 0 saturated carbocycles. The van der Waals surface area contributed by atoms with E-state index in [0.29, 0.717) is 6.61 Å². The Morgan fingerprint density at radius 3 is 2.52 bits per heavy atom. The number of benzene rings is 3. The Kier molecular flexibility index (Phi) is 4.57. The maximum absolute atomic E-state index is 6.34. The molecule has 1 aromatic heterocycles. The van der Waals surface area contributed by atoms with Gasteiger partial charge in [-0.2, -0.15) is 0 Å². The summed E-state index contributed by atoms with van der Waals surface area (Å²) in [7, 11) is 0. The van der Waals surface area contributed by atoms with Crippen LogP contribution in [-0.2, 0) is 17.8 Å². The number of aromatic nitrogens is 2. The van der Waals surface area contributed by atoms with Crippen LogP contribution in [0.2, 0.25) is 0 Å². The van der Waals surface area contributed by atoms with Crippen molar-refractivity contribution in [2.24, 2.45) is 0 Å². The Labute approximate surface area is 147 Å². The molecule has 0 aliphatic rings. The van der Waals surface area contributed by atoms with Crippen molar-refractivity contribution in [3.05, 3.63) is 102 Å². The Hall–Kier alpha value is -2.91. The first-order valence-electron chi connectivity index (χ1n) is 8.51. The molecule has 124 valence electrons. The standard InChI is InChI=1S/C22H20N2O/c1-2-8-18(9-3-1)21(15-22-23-13-14-24-22)25-16-19-11-6-10-17-7-4-5-12-20(17)19/h1-14,21H,15-16H2,(H,23,24). The van der Waals surface area contributed by atoms with E-state index in [-0.39, 0.29) is 6.10 Å². The van der Waals surface area contributed by atoms with Crippen LogP contribution < -0.4 is 0 Å². The molecule has 0 amide bonds. The summed E-state index contributed by atoms with van der Waals surface area (Å²) in [5.41, 5.74) is 2.37. The fraction of sp³-hybridized carbons (Fsp3) is 0.136. The van der Waals surface area contributed by atoms with Gasteiger partial charge in [-0.05, 0) is 21.9 Å². The van der Waals surface area contributed by atoms with Crippen molar-refractivity contribution in [2.45, 2.75) is 19.1 Å². The summed E-state index contributed by atoms with van der Waals surface area (Å²) in [4.78, 5) is 7.52. The van der Waals surface area contributed by atoms with Gasteiger partial charge in [0.1, 0.15) is 5.82 Å². The monoisotopic (exact) mass is 328 g/mol. The minimum atomic E-state index is -0.0358. The second kappa shape index (κ2) is 7.32. The van der Waals surface area contributed by atoms with E-state index in [4.69, 9.17) is 4.74 Å². The lowest BCUT2D eigenvalue weighted by Crippen LogP contribution is -2.09. The van der Waals surface area contributed by atoms with Gasteiger partial charge in [0.05, 0.1) is 12.7 Å². The lowest BCUT2D eigenvalue weighted by Gasteiger charge is -2.18. The lowest BCUT2D eigenvalue weighted by molar-refractivity contribution is 0.0394. The number of imidazole rings is 1. The van der Waals surface area contributed by atoms with Crippen molar-refractivity contribution in [2.75, 3.05) is 0 Å². The number of hydrogen-bond donors (Lipinski definition) is 1. The number of nitrogens with zero attached hydrogens (tertiary/aromatic N) is 1. The number of rotatable bonds is 6. The molecule has 0 bridgehead atoms. The van der Waals surface area contributed by atoms with E-state index < -0.39 is 0 Å². The van der Waals surface area contributed by atoms with Gasteiger partial charge in [0, 0.05) is 18.8 Å². The van der Waals surface area contributed by atoms with E-state index >= 15 is 0 Å². The van der Waals surface area contributed by atoms with Gasteiger partial charge in [-0.25, -0.2) is 4.98 Å². The minimum absolute atomic E-state index is 0.0358. The number of nitrogens with one attached hydrogen (secondary N) is 1. The van der Waals surface area contributed by atoms with Crippen molar-refractivity contribution < 1.29 is 4.74 Å². The van der Waals surface area contributed by atoms with Crippen molar-refractivity contribution in [3.63, 3.8) is 0 Å². The van der Waals surface area contributed by atoms with E-state index in [1.807, 2.05) is 24.4 Å². The summed E-state index contributed by atoms with van der Waals surface area (Å²) in [6, 6.07) is 25.1. The maximum atomic E-state index is 6.34. The Balaban J connectivity index is 1.58. The van der Waals surface area contributed by atoms with Gasteiger partial charge < -0.3 is 9.72 Å². The van der Waals surface area contributed by atoms with Gasteiger partial charge in [0.15, 0.2) is 0 Å². The predicted octanol–water partition coefficient (Wildman–Crippen LogP) is 5.06. The molecule has 0 radical (unpaired) electrons. The lowest BCUT2D eigenvalue weighted by atomic mass is 10.0. The van der Waals surface area contributed by atoms with Crippen molar-refractivity contribution in [1.29, 1.82) is 0 Å². The Morgan fingerprint density at radius 2 is 1.68 bits per heavy atom. The minimum Gasteiger partial charge on any atom is -0.368 e. The van der Waals surface area contributed by atoms with Gasteiger partial charge in [-0.15, -0.1) is 0 Å². The molecule has 3 aromatic carbocycles. The summed E-state index contributed by atoms with van der Waals surface area (Å²) < 4.78 is 6.34. The third kappa shape index (κ3) is 3.62. The molecule has 25 heavy (non-hydrogen) atoms. The van der Waals surface area contributed by atoms with E-state index in [1.165, 1.54) is 21.9 Å². The Bertz CT molecular complexity index is 927. The molecular weight excluding hydrogens is 308 g/mol. The van der Waals surface area contributed by atoms with Crippen LogP contribution in [-0.4, -0.2) is 9.97 Å². The summed E-state index contributed by atoms with van der Waals surface area (Å²) in [6.45, 7) is 0.571. The van der Waals surface area contributed by atoms with Crippen LogP contribution in [0.5, 0.6) is 0 Å². The van der Waals surface area contributed by atoms with Crippen molar-refractivity contribution >= 4 is 10.8 Å². The molecule has 1 heterocycles. The van der Waals surface area contributed by atoms with Gasteiger partial charge in [-0.3, -0.25) is 0 Å². The summed E-state index contributed by atoms with van der Waals surface area (Å²) in [5, 5.41) is 2.49. The van der Waals surface area contributed by atoms with E-state index in [0.717, 1.165) is 12.2 Å². The predicted molar refractivity (Wildman–Crippen MR) is 100 cm³/mol. The SMILES string of the molecule is c1ccc(C(Cc2ncc[nH]2)OCc2cccc3ccccc23)cc1. The quantitative estimate of drug-likeness (QED) is 0.537. The van der Waals surface area contributed by atoms with Crippen LogP contribution >= 0.6 is 0 Å². The zero-order chi connectivity index (χ0) is 16.9. The van der Waals surface area contributed by atoms with Crippen LogP contribution in [0.4, 0.5) is 0 Å². The van der Waals surface area contributed by atoms with Gasteiger partial charge in [-0.1, -0.05) is 72.8 Å². The number of hydrogen-bond acceptors (Lipinski definition) is 2. The number of fused-ring (bicyclic) bond motifs is 1. The smallest absolute Gasteiger partial charge is 0.108 e. The third-order valence-electron chi connectivity index (χ3n) is 4.42. The summed E-state index contributed by atoms with van der Waals surface area (Å²) in [6.07, 6.45) is 4.32. The van der Waals surface area contributed by atoms with E-state index in [9.17, 15) is 0 Å². The third-order valence-corrected chi connectivity index (χ3v) is 4.42. The first-order chi connectivity index (χ1) is 12.4. The van der Waals surface area contributed by atoms with E-state index in [2.05, 4.69) is 64.6 Å². The highest BCUT2D eigenvalue weighted by molar-refractivity contribution is 5.85. The molecule has 3 nitrogen and oxygen atoms in total. The summed E-state index contributed by atoms with van der Waals surface area (Å²) in [5.74, 6) is 0.937. The molecule has 0 saturated heterocycles. The highest BCUT2D eigenvalue weighted by Crippen LogP contribution is 2.25. The van der Waals surface area contributed by atoms with Gasteiger partial charge >= 0.3 is 0 Å². The molecule has 0 fully saturated rings. The molecule has 1 atom stereocenters. The molecule has 4 rings (SSSR count). The van der Waals surface area contributed by atoms with Gasteiger partial charge in [0.25, 0.3) is 0 Å². The van der Waals surface area contributed by atoms with Crippen LogP contribution in [0, 0.1) is 0 Å². The first kappa shape index (κ1) is 15.6. The fourth-order valence-corrected chi connectivity index (χ4v) is 3.13. The maximum Gasteiger partial charge on any atom is 0.108 e. The van der Waals surface area contributed by atoms with Crippen molar-refractivity contribution in [1.82, 2.24) is 9.97 Å². The molecule has 0 aliphatic carbocycles. The highest BCUT2D eigenvalue weighted by Gasteiger charge is 2.15. The molecular formula is C22H20N2O. The zero-order valence-corrected chi connectivity index (χ0v) is 13.9. The fourth-order valence-electron chi connectivity index (χ4n) is 3.13. The van der Waals surface area contributed by atoms with Crippen molar-refractivity contribution in [3.8, 4) is 0 Å². The Morgan fingerprint density at radius 1 is 0.880 bits per heavy atom. The van der Waals surface area contributed by atoms with Crippen LogP contribution in [0.1, 0.15) is 23.1 Å². The van der Waals surface area contributed by atoms with Crippen LogP contribution in [0.3, 0.4) is 0 Å². The number of ether oxygens (including phenoxy) is 1. The highest BCUT2D eigenvalue weighted by atomic mass is 16.5. The molecule has 4 aromatic rings. The largest absolute Gasteiger partial charge is 0.368 e. The number of aromatic amines is 1. The van der Waals surface area contributed by atoms with E-state index in [1.54, 1.807) is 6.20 Å². The first-order valence-corrected chi connectivity index (χ1v) is 8.51. The zero-order valence-electron chi connectivity index (χ0n) is 13.9.